The number of aliphatic imine (C=N–C) groups is 1. The molecule has 0 unspecified atom stereocenters. The van der Waals surface area contributed by atoms with Gasteiger partial charge in [-0.3, -0.25) is 0 Å². The molecule has 1 heterocycles. The van der Waals surface area contributed by atoms with Crippen molar-refractivity contribution < 1.29 is 0 Å². The molecule has 288 valence electrons. The second-order valence-electron chi connectivity index (χ2n) is 15.6. The van der Waals surface area contributed by atoms with Crippen LogP contribution < -0.4 is 5.73 Å². The van der Waals surface area contributed by atoms with Gasteiger partial charge in [-0.05, 0) is 95.4 Å². The van der Waals surface area contributed by atoms with Gasteiger partial charge in [0.05, 0.1) is 5.70 Å². The third-order valence-corrected chi connectivity index (χ3v) is 13.1. The molecular weight excluding hydrogens is 757 g/mol. The normalized spacial score (nSPS) is 12.3. The SMILES string of the molecule is NC(=N/C(=C\Cc1ccc(-c2ccc3c(c2)sc2ccccc23)cc1)c1ccc(-c2c3ccccc3c(-c3ccccc3)c3ccc4ccccc4c23)cc1)c1ccccc1. The van der Waals surface area contributed by atoms with Gasteiger partial charge in [0.25, 0.3) is 0 Å². The average molecular weight is 797 g/mol. The number of rotatable bonds is 8. The summed E-state index contributed by atoms with van der Waals surface area (Å²) in [5, 5.41) is 10.1. The largest absolute Gasteiger partial charge is 0.383 e. The van der Waals surface area contributed by atoms with Crippen LogP contribution in [-0.4, -0.2) is 5.84 Å². The van der Waals surface area contributed by atoms with Crippen LogP contribution in [0, 0.1) is 0 Å². The lowest BCUT2D eigenvalue weighted by molar-refractivity contribution is 1.26. The van der Waals surface area contributed by atoms with Crippen LogP contribution >= 0.6 is 11.3 Å². The van der Waals surface area contributed by atoms with E-state index in [2.05, 4.69) is 188 Å². The van der Waals surface area contributed by atoms with Crippen molar-refractivity contribution in [3.05, 3.63) is 235 Å². The van der Waals surface area contributed by atoms with Crippen LogP contribution in [0.1, 0.15) is 16.7 Å². The van der Waals surface area contributed by atoms with Crippen LogP contribution in [0.3, 0.4) is 0 Å². The van der Waals surface area contributed by atoms with E-state index in [1.807, 2.05) is 41.7 Å². The molecule has 0 saturated carbocycles. The van der Waals surface area contributed by atoms with Crippen LogP contribution in [0.4, 0.5) is 0 Å². The van der Waals surface area contributed by atoms with Gasteiger partial charge in [0.15, 0.2) is 0 Å². The summed E-state index contributed by atoms with van der Waals surface area (Å²) in [6, 6.07) is 76.3. The quantitative estimate of drug-likeness (QED) is 0.0707. The maximum Gasteiger partial charge on any atom is 0.131 e. The number of allylic oxidation sites excluding steroid dienone is 1. The lowest BCUT2D eigenvalue weighted by Crippen LogP contribution is -2.13. The Bertz CT molecular complexity index is 3470. The number of hydrogen-bond acceptors (Lipinski definition) is 2. The van der Waals surface area contributed by atoms with Gasteiger partial charge in [-0.25, -0.2) is 4.99 Å². The lowest BCUT2D eigenvalue weighted by atomic mass is 9.84. The smallest absolute Gasteiger partial charge is 0.131 e. The first-order valence-electron chi connectivity index (χ1n) is 20.8. The van der Waals surface area contributed by atoms with Crippen molar-refractivity contribution in [2.75, 3.05) is 0 Å². The van der Waals surface area contributed by atoms with E-state index in [4.69, 9.17) is 10.7 Å². The monoisotopic (exact) mass is 796 g/mol. The van der Waals surface area contributed by atoms with Crippen molar-refractivity contribution in [2.24, 2.45) is 10.7 Å². The fraction of sp³-hybridized carbons (Fsp3) is 0.0172. The molecule has 0 fully saturated rings. The second kappa shape index (κ2) is 15.5. The number of nitrogens with zero attached hydrogens (tertiary/aromatic N) is 1. The van der Waals surface area contributed by atoms with Gasteiger partial charge in [0.1, 0.15) is 5.84 Å². The molecule has 0 radical (unpaired) electrons. The number of benzene rings is 10. The van der Waals surface area contributed by atoms with E-state index in [-0.39, 0.29) is 0 Å². The highest BCUT2D eigenvalue weighted by atomic mass is 32.1. The summed E-state index contributed by atoms with van der Waals surface area (Å²) in [4.78, 5) is 5.09. The average Bonchev–Trinajstić information content (AvgIpc) is 3.71. The Kier molecular flexibility index (Phi) is 9.30. The van der Waals surface area contributed by atoms with Crippen molar-refractivity contribution in [3.8, 4) is 33.4 Å². The number of hydrogen-bond donors (Lipinski definition) is 1. The molecule has 0 aliphatic heterocycles. The summed E-state index contributed by atoms with van der Waals surface area (Å²) in [6.45, 7) is 0. The van der Waals surface area contributed by atoms with Crippen LogP contribution in [0.25, 0.3) is 91.6 Å². The van der Waals surface area contributed by atoms with Gasteiger partial charge in [-0.15, -0.1) is 11.3 Å². The van der Waals surface area contributed by atoms with E-state index in [1.54, 1.807) is 0 Å². The molecule has 0 bridgehead atoms. The molecule has 10 aromatic carbocycles. The maximum atomic E-state index is 6.72. The van der Waals surface area contributed by atoms with Gasteiger partial charge >= 0.3 is 0 Å². The van der Waals surface area contributed by atoms with E-state index in [1.165, 1.54) is 85.9 Å². The Morgan fingerprint density at radius 2 is 1.00 bits per heavy atom. The summed E-state index contributed by atoms with van der Waals surface area (Å²) in [7, 11) is 0. The van der Waals surface area contributed by atoms with Crippen molar-refractivity contribution in [1.29, 1.82) is 0 Å². The summed E-state index contributed by atoms with van der Waals surface area (Å²) in [5.41, 5.74) is 18.0. The highest BCUT2D eigenvalue weighted by Gasteiger charge is 2.19. The van der Waals surface area contributed by atoms with Gasteiger partial charge in [0, 0.05) is 25.7 Å². The third-order valence-electron chi connectivity index (χ3n) is 12.0. The van der Waals surface area contributed by atoms with E-state index in [0.717, 1.165) is 22.4 Å². The summed E-state index contributed by atoms with van der Waals surface area (Å²) in [6.07, 6.45) is 2.91. The molecule has 0 amide bonds. The second-order valence-corrected chi connectivity index (χ2v) is 16.7. The number of nitrogens with two attached hydrogens (primary N) is 1. The first-order chi connectivity index (χ1) is 30.2. The summed E-state index contributed by atoms with van der Waals surface area (Å²) in [5.74, 6) is 0.489. The fourth-order valence-corrected chi connectivity index (χ4v) is 10.1. The third kappa shape index (κ3) is 6.76. The first kappa shape index (κ1) is 36.5. The van der Waals surface area contributed by atoms with Crippen molar-refractivity contribution in [3.63, 3.8) is 0 Å². The van der Waals surface area contributed by atoms with E-state index < -0.39 is 0 Å². The number of amidine groups is 1. The minimum absolute atomic E-state index is 0.489. The van der Waals surface area contributed by atoms with Crippen LogP contribution in [0.2, 0.25) is 0 Å². The molecule has 3 heteroatoms. The van der Waals surface area contributed by atoms with Gasteiger partial charge in [0.2, 0.25) is 0 Å². The molecular formula is C58H40N2S. The molecule has 11 rings (SSSR count). The van der Waals surface area contributed by atoms with Gasteiger partial charge in [-0.1, -0.05) is 206 Å². The Morgan fingerprint density at radius 1 is 0.426 bits per heavy atom. The maximum absolute atomic E-state index is 6.72. The summed E-state index contributed by atoms with van der Waals surface area (Å²) < 4.78 is 2.64. The highest BCUT2D eigenvalue weighted by molar-refractivity contribution is 7.25. The van der Waals surface area contributed by atoms with Gasteiger partial charge < -0.3 is 5.73 Å². The molecule has 2 N–H and O–H groups in total. The molecule has 61 heavy (non-hydrogen) atoms. The molecule has 11 aromatic rings. The zero-order valence-corrected chi connectivity index (χ0v) is 34.2. The topological polar surface area (TPSA) is 38.4 Å². The minimum Gasteiger partial charge on any atom is -0.383 e. The Morgan fingerprint density at radius 3 is 1.77 bits per heavy atom. The minimum atomic E-state index is 0.489. The van der Waals surface area contributed by atoms with Crippen molar-refractivity contribution >= 4 is 75.4 Å². The molecule has 2 nitrogen and oxygen atoms in total. The molecule has 0 saturated heterocycles. The zero-order valence-electron chi connectivity index (χ0n) is 33.4. The van der Waals surface area contributed by atoms with Crippen molar-refractivity contribution in [1.82, 2.24) is 0 Å². The number of thiophene rings is 1. The Hall–Kier alpha value is -7.59. The lowest BCUT2D eigenvalue weighted by Gasteiger charge is -2.19. The highest BCUT2D eigenvalue weighted by Crippen LogP contribution is 2.46. The van der Waals surface area contributed by atoms with Crippen molar-refractivity contribution in [2.45, 2.75) is 6.42 Å². The number of fused-ring (bicyclic) bond motifs is 7. The van der Waals surface area contributed by atoms with Crippen LogP contribution in [-0.2, 0) is 6.42 Å². The van der Waals surface area contributed by atoms with Crippen LogP contribution in [0.15, 0.2) is 223 Å². The molecule has 0 aliphatic rings. The van der Waals surface area contributed by atoms with Crippen LogP contribution in [0.5, 0.6) is 0 Å². The summed E-state index contributed by atoms with van der Waals surface area (Å²) >= 11 is 1.86. The molecule has 0 atom stereocenters. The Balaban J connectivity index is 0.989. The van der Waals surface area contributed by atoms with Gasteiger partial charge in [-0.2, -0.15) is 0 Å². The standard InChI is InChI=1S/C58H40N2S/c59-58(44-16-5-2-6-17-44)60-52(36-25-38-23-26-39(27-24-38)45-33-34-48-47-19-11-12-22-53(47)61-54(48)37-45)41-28-30-43(31-29-41)56-50-21-10-9-20-49(50)55(42-14-3-1-4-15-42)51-35-32-40-13-7-8-18-46(40)57(51)56/h1-24,26-37H,25H2,(H2,59,60)/b52-36-. The Labute approximate surface area is 359 Å². The molecule has 0 spiro atoms. The van der Waals surface area contributed by atoms with E-state index >= 15 is 0 Å². The molecule has 0 aliphatic carbocycles. The van der Waals surface area contributed by atoms with E-state index in [9.17, 15) is 0 Å². The first-order valence-corrected chi connectivity index (χ1v) is 21.6. The predicted molar refractivity (Wildman–Crippen MR) is 263 cm³/mol. The van der Waals surface area contributed by atoms with E-state index in [0.29, 0.717) is 12.3 Å². The predicted octanol–water partition coefficient (Wildman–Crippen LogP) is 15.5. The zero-order chi connectivity index (χ0) is 40.7. The molecule has 1 aromatic heterocycles. The fourth-order valence-electron chi connectivity index (χ4n) is 8.96.